The molecule has 3 heteroatoms. The fraction of sp³-hybridized carbons (Fsp3) is 0.400. The first-order chi connectivity index (χ1) is 3.77. The van der Waals surface area contributed by atoms with Crippen LogP contribution >= 0.6 is 0 Å². The van der Waals surface area contributed by atoms with Gasteiger partial charge in [-0.2, -0.15) is 0 Å². The molecule has 0 saturated heterocycles. The van der Waals surface area contributed by atoms with Gasteiger partial charge in [-0.15, -0.1) is 0 Å². The van der Waals surface area contributed by atoms with Gasteiger partial charge in [0.1, 0.15) is 6.61 Å². The van der Waals surface area contributed by atoms with Crippen molar-refractivity contribution >= 4 is 6.16 Å². The van der Waals surface area contributed by atoms with E-state index in [0.717, 1.165) is 0 Å². The van der Waals surface area contributed by atoms with E-state index < -0.39 is 6.16 Å². The van der Waals surface area contributed by atoms with E-state index in [4.69, 9.17) is 5.11 Å². The van der Waals surface area contributed by atoms with Gasteiger partial charge in [-0.25, -0.2) is 4.79 Å². The zero-order valence-corrected chi connectivity index (χ0v) is 4.63. The lowest BCUT2D eigenvalue weighted by molar-refractivity contribution is 0.102. The van der Waals surface area contributed by atoms with Crippen molar-refractivity contribution in [2.24, 2.45) is 0 Å². The Hall–Kier alpha value is -0.990. The van der Waals surface area contributed by atoms with Gasteiger partial charge in [-0.1, -0.05) is 12.2 Å². The highest BCUT2D eigenvalue weighted by Gasteiger charge is 1.88. The van der Waals surface area contributed by atoms with E-state index in [1.165, 1.54) is 0 Å². The summed E-state index contributed by atoms with van der Waals surface area (Å²) in [5.74, 6) is 0. The summed E-state index contributed by atoms with van der Waals surface area (Å²) < 4.78 is 4.11. The standard InChI is InChI=1S/C5H8O3/c1-2-3-4-8-5(6)7/h2-3H,4H2,1H3,(H,6,7). The Morgan fingerprint density at radius 1 is 1.88 bits per heavy atom. The smallest absolute Gasteiger partial charge is 0.450 e. The van der Waals surface area contributed by atoms with Crippen LogP contribution in [-0.2, 0) is 4.74 Å². The molecule has 0 unspecified atom stereocenters. The molecule has 0 rings (SSSR count). The van der Waals surface area contributed by atoms with Gasteiger partial charge in [0.05, 0.1) is 0 Å². The number of rotatable bonds is 2. The SMILES string of the molecule is CC=CCOC(=O)O. The first-order valence-corrected chi connectivity index (χ1v) is 2.24. The normalized spacial score (nSPS) is 9.62. The summed E-state index contributed by atoms with van der Waals surface area (Å²) in [5, 5.41) is 7.88. The number of hydrogen-bond acceptors (Lipinski definition) is 2. The molecule has 0 aromatic heterocycles. The maximum atomic E-state index is 9.62. The van der Waals surface area contributed by atoms with Crippen molar-refractivity contribution in [3.05, 3.63) is 12.2 Å². The molecule has 0 bridgehead atoms. The third-order valence-electron chi connectivity index (χ3n) is 0.539. The Balaban J connectivity index is 3.05. The molecule has 0 amide bonds. The van der Waals surface area contributed by atoms with Gasteiger partial charge in [0.15, 0.2) is 0 Å². The number of ether oxygens (including phenoxy) is 1. The Kier molecular flexibility index (Phi) is 3.66. The predicted molar refractivity (Wildman–Crippen MR) is 28.8 cm³/mol. The number of allylic oxidation sites excluding steroid dienone is 1. The van der Waals surface area contributed by atoms with Gasteiger partial charge in [0.2, 0.25) is 0 Å². The molecule has 46 valence electrons. The molecule has 0 heterocycles. The largest absolute Gasteiger partial charge is 0.506 e. The highest BCUT2D eigenvalue weighted by Crippen LogP contribution is 1.76. The zero-order valence-electron chi connectivity index (χ0n) is 4.63. The molecule has 0 aromatic carbocycles. The van der Waals surface area contributed by atoms with Crippen LogP contribution in [0.15, 0.2) is 12.2 Å². The van der Waals surface area contributed by atoms with E-state index in [-0.39, 0.29) is 6.61 Å². The van der Waals surface area contributed by atoms with E-state index in [1.807, 2.05) is 0 Å². The number of hydrogen-bond donors (Lipinski definition) is 1. The fourth-order valence-corrected chi connectivity index (χ4v) is 0.216. The average molecular weight is 116 g/mol. The van der Waals surface area contributed by atoms with Crippen molar-refractivity contribution in [1.29, 1.82) is 0 Å². The third kappa shape index (κ3) is 5.01. The maximum absolute atomic E-state index is 9.62. The molecule has 0 saturated carbocycles. The van der Waals surface area contributed by atoms with Gasteiger partial charge >= 0.3 is 6.16 Å². The summed E-state index contributed by atoms with van der Waals surface area (Å²) in [6, 6.07) is 0. The molecule has 0 aliphatic heterocycles. The van der Waals surface area contributed by atoms with E-state index in [0.29, 0.717) is 0 Å². The Morgan fingerprint density at radius 2 is 2.50 bits per heavy atom. The average Bonchev–Trinajstić information content (AvgIpc) is 1.66. The zero-order chi connectivity index (χ0) is 6.41. The molecule has 8 heavy (non-hydrogen) atoms. The first-order valence-electron chi connectivity index (χ1n) is 2.24. The lowest BCUT2D eigenvalue weighted by Gasteiger charge is -1.89. The van der Waals surface area contributed by atoms with Crippen LogP contribution < -0.4 is 0 Å². The van der Waals surface area contributed by atoms with Crippen molar-refractivity contribution in [3.63, 3.8) is 0 Å². The highest BCUT2D eigenvalue weighted by atomic mass is 16.7. The predicted octanol–water partition coefficient (Wildman–Crippen LogP) is 1.26. The van der Waals surface area contributed by atoms with E-state index in [2.05, 4.69) is 4.74 Å². The van der Waals surface area contributed by atoms with Crippen LogP contribution in [0, 0.1) is 0 Å². The number of carbonyl (C=O) groups is 1. The maximum Gasteiger partial charge on any atom is 0.506 e. The van der Waals surface area contributed by atoms with Crippen LogP contribution in [0.3, 0.4) is 0 Å². The minimum Gasteiger partial charge on any atom is -0.450 e. The molecule has 0 aliphatic rings. The molecule has 0 radical (unpaired) electrons. The van der Waals surface area contributed by atoms with Crippen LogP contribution in [0.5, 0.6) is 0 Å². The Labute approximate surface area is 47.6 Å². The monoisotopic (exact) mass is 116 g/mol. The second-order valence-corrected chi connectivity index (χ2v) is 1.15. The van der Waals surface area contributed by atoms with Crippen molar-refractivity contribution in [2.75, 3.05) is 6.61 Å². The lowest BCUT2D eigenvalue weighted by atomic mass is 10.6. The third-order valence-corrected chi connectivity index (χ3v) is 0.539. The topological polar surface area (TPSA) is 46.5 Å². The van der Waals surface area contributed by atoms with Gasteiger partial charge in [0.25, 0.3) is 0 Å². The molecular formula is C5H8O3. The highest BCUT2D eigenvalue weighted by molar-refractivity contribution is 5.56. The van der Waals surface area contributed by atoms with Gasteiger partial charge in [-0.05, 0) is 6.92 Å². The van der Waals surface area contributed by atoms with Crippen molar-refractivity contribution in [1.82, 2.24) is 0 Å². The van der Waals surface area contributed by atoms with E-state index in [9.17, 15) is 4.79 Å². The quantitative estimate of drug-likeness (QED) is 0.436. The fourth-order valence-electron chi connectivity index (χ4n) is 0.216. The molecule has 0 aliphatic carbocycles. The van der Waals surface area contributed by atoms with E-state index >= 15 is 0 Å². The first kappa shape index (κ1) is 7.01. The second kappa shape index (κ2) is 4.18. The van der Waals surface area contributed by atoms with Gasteiger partial charge in [0, 0.05) is 0 Å². The molecule has 0 spiro atoms. The Morgan fingerprint density at radius 3 is 2.88 bits per heavy atom. The van der Waals surface area contributed by atoms with Crippen molar-refractivity contribution in [3.8, 4) is 0 Å². The van der Waals surface area contributed by atoms with Crippen LogP contribution in [0.25, 0.3) is 0 Å². The molecule has 3 nitrogen and oxygen atoms in total. The van der Waals surface area contributed by atoms with Crippen LogP contribution in [0.4, 0.5) is 4.79 Å². The van der Waals surface area contributed by atoms with Gasteiger partial charge in [-0.3, -0.25) is 0 Å². The summed E-state index contributed by atoms with van der Waals surface area (Å²) in [6.07, 6.45) is 2.11. The Bertz CT molecular complexity index is 95.8. The molecular weight excluding hydrogens is 108 g/mol. The summed E-state index contributed by atoms with van der Waals surface area (Å²) in [4.78, 5) is 9.62. The summed E-state index contributed by atoms with van der Waals surface area (Å²) >= 11 is 0. The van der Waals surface area contributed by atoms with Gasteiger partial charge < -0.3 is 9.84 Å². The summed E-state index contributed by atoms with van der Waals surface area (Å²) in [7, 11) is 0. The van der Waals surface area contributed by atoms with Crippen LogP contribution in [0.2, 0.25) is 0 Å². The summed E-state index contributed by atoms with van der Waals surface area (Å²) in [6.45, 7) is 1.94. The lowest BCUT2D eigenvalue weighted by Crippen LogP contribution is -1.98. The molecule has 0 fully saturated rings. The molecule has 1 N–H and O–H groups in total. The van der Waals surface area contributed by atoms with Crippen LogP contribution in [0.1, 0.15) is 6.92 Å². The second-order valence-electron chi connectivity index (χ2n) is 1.15. The number of carboxylic acid groups (broad SMARTS) is 1. The minimum atomic E-state index is -1.23. The van der Waals surface area contributed by atoms with Crippen molar-refractivity contribution < 1.29 is 14.6 Å². The molecule has 0 aromatic rings. The summed E-state index contributed by atoms with van der Waals surface area (Å²) in [5.41, 5.74) is 0. The molecule has 0 atom stereocenters. The van der Waals surface area contributed by atoms with Crippen molar-refractivity contribution in [2.45, 2.75) is 6.92 Å². The minimum absolute atomic E-state index is 0.145. The van der Waals surface area contributed by atoms with Crippen LogP contribution in [-0.4, -0.2) is 17.9 Å². The van der Waals surface area contributed by atoms with E-state index in [1.54, 1.807) is 19.1 Å².